The molecule has 0 atom stereocenters. The van der Waals surface area contributed by atoms with Gasteiger partial charge in [0.15, 0.2) is 0 Å². The van der Waals surface area contributed by atoms with E-state index in [9.17, 15) is 10.1 Å². The van der Waals surface area contributed by atoms with Gasteiger partial charge in [-0.3, -0.25) is 15.0 Å². The standard InChI is InChI=1S/C17H29N5O2/c1-17(2,21-9-7-20(4)8-10-21)13-19-12-14-5-6-15(18-3)16(11-14)22(23)24/h5-6,11,18-19H,7-10,12-13H2,1-4H3. The molecular weight excluding hydrogens is 306 g/mol. The zero-order valence-electron chi connectivity index (χ0n) is 15.1. The van der Waals surface area contributed by atoms with Crippen LogP contribution in [-0.2, 0) is 6.54 Å². The molecule has 1 heterocycles. The topological polar surface area (TPSA) is 73.7 Å². The molecule has 0 bridgehead atoms. The minimum Gasteiger partial charge on any atom is -0.383 e. The lowest BCUT2D eigenvalue weighted by Crippen LogP contribution is -2.57. The highest BCUT2D eigenvalue weighted by atomic mass is 16.6. The van der Waals surface area contributed by atoms with Gasteiger partial charge < -0.3 is 15.5 Å². The summed E-state index contributed by atoms with van der Waals surface area (Å²) in [6, 6.07) is 5.33. The summed E-state index contributed by atoms with van der Waals surface area (Å²) in [5.74, 6) is 0. The maximum absolute atomic E-state index is 11.1. The summed E-state index contributed by atoms with van der Waals surface area (Å²) >= 11 is 0. The number of rotatable bonds is 7. The molecule has 134 valence electrons. The molecule has 1 aromatic carbocycles. The Morgan fingerprint density at radius 2 is 1.92 bits per heavy atom. The van der Waals surface area contributed by atoms with Gasteiger partial charge in [-0.25, -0.2) is 0 Å². The van der Waals surface area contributed by atoms with E-state index in [1.807, 2.05) is 6.07 Å². The number of nitro groups is 1. The van der Waals surface area contributed by atoms with Gasteiger partial charge in [-0.2, -0.15) is 0 Å². The van der Waals surface area contributed by atoms with Crippen molar-refractivity contribution in [1.29, 1.82) is 0 Å². The van der Waals surface area contributed by atoms with Crippen molar-refractivity contribution in [1.82, 2.24) is 15.1 Å². The molecule has 0 aromatic heterocycles. The molecule has 1 aliphatic rings. The van der Waals surface area contributed by atoms with Crippen molar-refractivity contribution in [3.05, 3.63) is 33.9 Å². The Morgan fingerprint density at radius 3 is 2.50 bits per heavy atom. The lowest BCUT2D eigenvalue weighted by atomic mass is 10.0. The largest absolute Gasteiger partial charge is 0.383 e. The molecule has 7 nitrogen and oxygen atoms in total. The summed E-state index contributed by atoms with van der Waals surface area (Å²) in [5, 5.41) is 17.4. The molecule has 0 spiro atoms. The number of hydrogen-bond donors (Lipinski definition) is 2. The van der Waals surface area contributed by atoms with Crippen LogP contribution in [0.15, 0.2) is 18.2 Å². The third-order valence-electron chi connectivity index (χ3n) is 4.77. The first kappa shape index (κ1) is 18.6. The molecule has 0 aliphatic carbocycles. The van der Waals surface area contributed by atoms with Gasteiger partial charge in [0.25, 0.3) is 5.69 Å². The highest BCUT2D eigenvalue weighted by molar-refractivity contribution is 5.62. The molecule has 1 aliphatic heterocycles. The predicted molar refractivity (Wildman–Crippen MR) is 97.5 cm³/mol. The molecule has 2 rings (SSSR count). The average molecular weight is 335 g/mol. The third kappa shape index (κ3) is 4.66. The van der Waals surface area contributed by atoms with Crippen molar-refractivity contribution in [3.63, 3.8) is 0 Å². The van der Waals surface area contributed by atoms with Gasteiger partial charge in [-0.05, 0) is 32.5 Å². The van der Waals surface area contributed by atoms with E-state index in [-0.39, 0.29) is 16.1 Å². The van der Waals surface area contributed by atoms with Crippen molar-refractivity contribution in [3.8, 4) is 0 Å². The Hall–Kier alpha value is -1.70. The molecule has 0 radical (unpaired) electrons. The summed E-state index contributed by atoms with van der Waals surface area (Å²) in [5.41, 5.74) is 1.66. The Morgan fingerprint density at radius 1 is 1.25 bits per heavy atom. The second-order valence-electron chi connectivity index (χ2n) is 7.06. The van der Waals surface area contributed by atoms with E-state index in [0.29, 0.717) is 12.2 Å². The van der Waals surface area contributed by atoms with Gasteiger partial charge in [0.2, 0.25) is 0 Å². The van der Waals surface area contributed by atoms with Gasteiger partial charge >= 0.3 is 0 Å². The number of nitro benzene ring substituents is 1. The number of nitrogens with zero attached hydrogens (tertiary/aromatic N) is 3. The highest BCUT2D eigenvalue weighted by Gasteiger charge is 2.28. The van der Waals surface area contributed by atoms with E-state index >= 15 is 0 Å². The minimum absolute atomic E-state index is 0.0676. The maximum Gasteiger partial charge on any atom is 0.292 e. The average Bonchev–Trinajstić information content (AvgIpc) is 2.55. The van der Waals surface area contributed by atoms with Gasteiger partial charge in [-0.1, -0.05) is 6.07 Å². The Labute approximate surface area is 144 Å². The summed E-state index contributed by atoms with van der Waals surface area (Å²) in [6.07, 6.45) is 0. The van der Waals surface area contributed by atoms with Crippen LogP contribution >= 0.6 is 0 Å². The number of benzene rings is 1. The first-order valence-electron chi connectivity index (χ1n) is 8.43. The first-order valence-corrected chi connectivity index (χ1v) is 8.43. The normalized spacial score (nSPS) is 17.0. The fourth-order valence-corrected chi connectivity index (χ4v) is 3.09. The smallest absolute Gasteiger partial charge is 0.292 e. The molecule has 24 heavy (non-hydrogen) atoms. The zero-order valence-corrected chi connectivity index (χ0v) is 15.1. The number of anilines is 1. The van der Waals surface area contributed by atoms with Crippen LogP contribution in [0.2, 0.25) is 0 Å². The summed E-state index contributed by atoms with van der Waals surface area (Å²) < 4.78 is 0. The van der Waals surface area contributed by atoms with E-state index in [2.05, 4.69) is 41.3 Å². The van der Waals surface area contributed by atoms with Gasteiger partial charge in [0, 0.05) is 57.9 Å². The van der Waals surface area contributed by atoms with E-state index in [0.717, 1.165) is 38.3 Å². The van der Waals surface area contributed by atoms with Crippen LogP contribution in [0.25, 0.3) is 0 Å². The summed E-state index contributed by atoms with van der Waals surface area (Å²) in [4.78, 5) is 15.6. The Kier molecular flexibility index (Phi) is 6.15. The molecule has 1 saturated heterocycles. The molecule has 1 aromatic rings. The van der Waals surface area contributed by atoms with Crippen molar-refractivity contribution >= 4 is 11.4 Å². The van der Waals surface area contributed by atoms with Crippen molar-refractivity contribution in [2.75, 3.05) is 52.1 Å². The Balaban J connectivity index is 1.91. The van der Waals surface area contributed by atoms with Gasteiger partial charge in [-0.15, -0.1) is 0 Å². The zero-order chi connectivity index (χ0) is 17.7. The van der Waals surface area contributed by atoms with Crippen LogP contribution in [0, 0.1) is 10.1 Å². The molecule has 0 unspecified atom stereocenters. The van der Waals surface area contributed by atoms with Gasteiger partial charge in [0.1, 0.15) is 5.69 Å². The van der Waals surface area contributed by atoms with Crippen LogP contribution in [0.3, 0.4) is 0 Å². The van der Waals surface area contributed by atoms with Gasteiger partial charge in [0.05, 0.1) is 4.92 Å². The van der Waals surface area contributed by atoms with Crippen molar-refractivity contribution < 1.29 is 4.92 Å². The minimum atomic E-state index is -0.344. The summed E-state index contributed by atoms with van der Waals surface area (Å²) in [7, 11) is 3.85. The molecule has 2 N–H and O–H groups in total. The number of nitrogens with one attached hydrogen (secondary N) is 2. The SMILES string of the molecule is CNc1ccc(CNCC(C)(C)N2CCN(C)CC2)cc1[N+](=O)[O-]. The van der Waals surface area contributed by atoms with Crippen LogP contribution in [0.1, 0.15) is 19.4 Å². The van der Waals surface area contributed by atoms with Crippen LogP contribution in [0.4, 0.5) is 11.4 Å². The lowest BCUT2D eigenvalue weighted by molar-refractivity contribution is -0.384. The third-order valence-corrected chi connectivity index (χ3v) is 4.77. The van der Waals surface area contributed by atoms with Crippen molar-refractivity contribution in [2.45, 2.75) is 25.9 Å². The molecule has 7 heteroatoms. The van der Waals surface area contributed by atoms with Crippen LogP contribution in [-0.4, -0.2) is 67.1 Å². The van der Waals surface area contributed by atoms with Crippen LogP contribution < -0.4 is 10.6 Å². The van der Waals surface area contributed by atoms with E-state index in [1.54, 1.807) is 19.2 Å². The molecule has 0 amide bonds. The van der Waals surface area contributed by atoms with E-state index < -0.39 is 0 Å². The van der Waals surface area contributed by atoms with Crippen LogP contribution in [0.5, 0.6) is 0 Å². The molecule has 0 saturated carbocycles. The molecule has 1 fully saturated rings. The highest BCUT2D eigenvalue weighted by Crippen LogP contribution is 2.25. The van der Waals surface area contributed by atoms with E-state index in [1.165, 1.54) is 0 Å². The lowest BCUT2D eigenvalue weighted by Gasteiger charge is -2.43. The Bertz CT molecular complexity index is 568. The monoisotopic (exact) mass is 335 g/mol. The molecular formula is C17H29N5O2. The quantitative estimate of drug-likeness (QED) is 0.584. The second-order valence-corrected chi connectivity index (χ2v) is 7.06. The fourth-order valence-electron chi connectivity index (χ4n) is 3.09. The second kappa shape index (κ2) is 7.92. The summed E-state index contributed by atoms with van der Waals surface area (Å²) in [6.45, 7) is 10.3. The van der Waals surface area contributed by atoms with Crippen molar-refractivity contribution in [2.24, 2.45) is 0 Å². The first-order chi connectivity index (χ1) is 11.3. The fraction of sp³-hybridized carbons (Fsp3) is 0.647. The van der Waals surface area contributed by atoms with E-state index in [4.69, 9.17) is 0 Å². The maximum atomic E-state index is 11.1. The predicted octanol–water partition coefficient (Wildman–Crippen LogP) is 1.75. The number of likely N-dealkylation sites (N-methyl/N-ethyl adjacent to an activating group) is 1. The number of hydrogen-bond acceptors (Lipinski definition) is 6. The number of piperazine rings is 1.